The van der Waals surface area contributed by atoms with E-state index in [9.17, 15) is 0 Å². The Kier molecular flexibility index (Phi) is 3.90. The number of rotatable bonds is 5. The number of nitrogens with one attached hydrogen (secondary N) is 1. The Hall–Kier alpha value is -1.40. The molecule has 0 amide bonds. The number of nitrogens with zero attached hydrogens (tertiary/aromatic N) is 4. The van der Waals surface area contributed by atoms with Crippen LogP contribution in [0.3, 0.4) is 0 Å². The molecule has 1 atom stereocenters. The van der Waals surface area contributed by atoms with Gasteiger partial charge in [0.2, 0.25) is 0 Å². The minimum absolute atomic E-state index is 0.0416. The maximum atomic E-state index is 4.26. The molecule has 0 aliphatic heterocycles. The molecule has 16 heavy (non-hydrogen) atoms. The van der Waals surface area contributed by atoms with Gasteiger partial charge in [-0.15, -0.1) is 0 Å². The summed E-state index contributed by atoms with van der Waals surface area (Å²) in [5, 5.41) is 3.41. The second-order valence-electron chi connectivity index (χ2n) is 3.39. The molecule has 2 aromatic heterocycles. The van der Waals surface area contributed by atoms with Crippen LogP contribution in [0.2, 0.25) is 0 Å². The standard InChI is InChI=1S/C10H13N5S/c1-2-3-13-10(9-6-14-16-15-9)8-4-11-7-12-5-8/h4-7,10,13H,2-3H2,1H3. The van der Waals surface area contributed by atoms with E-state index in [4.69, 9.17) is 0 Å². The van der Waals surface area contributed by atoms with E-state index in [-0.39, 0.29) is 6.04 Å². The molecule has 2 aromatic rings. The van der Waals surface area contributed by atoms with Gasteiger partial charge in [-0.3, -0.25) is 0 Å². The lowest BCUT2D eigenvalue weighted by Gasteiger charge is -2.15. The van der Waals surface area contributed by atoms with Crippen molar-refractivity contribution in [1.82, 2.24) is 24.0 Å². The molecule has 84 valence electrons. The van der Waals surface area contributed by atoms with Gasteiger partial charge in [0.25, 0.3) is 0 Å². The summed E-state index contributed by atoms with van der Waals surface area (Å²) in [6, 6.07) is 0.0416. The molecule has 0 spiro atoms. The van der Waals surface area contributed by atoms with Crippen LogP contribution in [0, 0.1) is 0 Å². The second-order valence-corrected chi connectivity index (χ2v) is 3.95. The Morgan fingerprint density at radius 1 is 1.31 bits per heavy atom. The van der Waals surface area contributed by atoms with Gasteiger partial charge in [-0.2, -0.15) is 8.75 Å². The van der Waals surface area contributed by atoms with Crippen LogP contribution in [-0.2, 0) is 0 Å². The second kappa shape index (κ2) is 5.62. The fraction of sp³-hybridized carbons (Fsp3) is 0.400. The quantitative estimate of drug-likeness (QED) is 0.849. The molecule has 2 rings (SSSR count). The molecule has 0 aromatic carbocycles. The van der Waals surface area contributed by atoms with Crippen LogP contribution in [0.25, 0.3) is 0 Å². The average molecular weight is 235 g/mol. The normalized spacial score (nSPS) is 12.6. The first-order valence-corrected chi connectivity index (χ1v) is 5.90. The molecule has 1 N–H and O–H groups in total. The van der Waals surface area contributed by atoms with E-state index >= 15 is 0 Å². The van der Waals surface area contributed by atoms with E-state index in [1.807, 2.05) is 0 Å². The highest BCUT2D eigenvalue weighted by molar-refractivity contribution is 6.99. The third kappa shape index (κ3) is 2.59. The van der Waals surface area contributed by atoms with Crippen LogP contribution in [-0.4, -0.2) is 25.3 Å². The molecule has 5 nitrogen and oxygen atoms in total. The van der Waals surface area contributed by atoms with Crippen molar-refractivity contribution in [3.63, 3.8) is 0 Å². The number of hydrogen-bond acceptors (Lipinski definition) is 6. The summed E-state index contributed by atoms with van der Waals surface area (Å²) in [5.41, 5.74) is 1.94. The third-order valence-corrected chi connectivity index (χ3v) is 2.68. The Labute approximate surface area is 98.3 Å². The number of aromatic nitrogens is 4. The van der Waals surface area contributed by atoms with Crippen LogP contribution >= 0.6 is 11.7 Å². The van der Waals surface area contributed by atoms with Gasteiger partial charge in [-0.1, -0.05) is 6.92 Å². The van der Waals surface area contributed by atoms with E-state index in [1.165, 1.54) is 18.1 Å². The zero-order chi connectivity index (χ0) is 11.2. The molecule has 2 heterocycles. The van der Waals surface area contributed by atoms with Gasteiger partial charge in [0.15, 0.2) is 0 Å². The lowest BCUT2D eigenvalue weighted by molar-refractivity contribution is 0.586. The molecule has 0 radical (unpaired) electrons. The zero-order valence-electron chi connectivity index (χ0n) is 9.00. The Bertz CT molecular complexity index is 402. The monoisotopic (exact) mass is 235 g/mol. The van der Waals surface area contributed by atoms with Gasteiger partial charge in [-0.25, -0.2) is 9.97 Å². The van der Waals surface area contributed by atoms with Crippen molar-refractivity contribution in [1.29, 1.82) is 0 Å². The van der Waals surface area contributed by atoms with Crippen LogP contribution in [0.4, 0.5) is 0 Å². The van der Waals surface area contributed by atoms with E-state index in [0.717, 1.165) is 24.2 Å². The van der Waals surface area contributed by atoms with Crippen LogP contribution in [0.15, 0.2) is 24.9 Å². The molecular weight excluding hydrogens is 222 g/mol. The van der Waals surface area contributed by atoms with Crippen LogP contribution in [0.5, 0.6) is 0 Å². The fourth-order valence-electron chi connectivity index (χ4n) is 1.44. The van der Waals surface area contributed by atoms with Crippen molar-refractivity contribution >= 4 is 11.7 Å². The van der Waals surface area contributed by atoms with Crippen molar-refractivity contribution in [3.8, 4) is 0 Å². The lowest BCUT2D eigenvalue weighted by atomic mass is 10.1. The van der Waals surface area contributed by atoms with Crippen molar-refractivity contribution < 1.29 is 0 Å². The van der Waals surface area contributed by atoms with Crippen LogP contribution in [0.1, 0.15) is 30.6 Å². The molecule has 0 saturated heterocycles. The van der Waals surface area contributed by atoms with Gasteiger partial charge < -0.3 is 5.32 Å². The summed E-state index contributed by atoms with van der Waals surface area (Å²) >= 11 is 1.22. The minimum Gasteiger partial charge on any atom is -0.305 e. The maximum absolute atomic E-state index is 4.26. The van der Waals surface area contributed by atoms with Gasteiger partial charge in [0.1, 0.15) is 6.33 Å². The molecule has 0 fully saturated rings. The summed E-state index contributed by atoms with van der Waals surface area (Å²) < 4.78 is 8.28. The smallest absolute Gasteiger partial charge is 0.115 e. The summed E-state index contributed by atoms with van der Waals surface area (Å²) in [7, 11) is 0. The Morgan fingerprint density at radius 3 is 2.75 bits per heavy atom. The van der Waals surface area contributed by atoms with Crippen LogP contribution < -0.4 is 5.32 Å². The molecule has 0 bridgehead atoms. The largest absolute Gasteiger partial charge is 0.305 e. The van der Waals surface area contributed by atoms with Gasteiger partial charge in [-0.05, 0) is 13.0 Å². The van der Waals surface area contributed by atoms with Crippen molar-refractivity contribution in [2.24, 2.45) is 0 Å². The summed E-state index contributed by atoms with van der Waals surface area (Å²) in [6.07, 6.45) is 7.99. The highest BCUT2D eigenvalue weighted by Gasteiger charge is 2.16. The zero-order valence-corrected chi connectivity index (χ0v) is 9.81. The molecule has 1 unspecified atom stereocenters. The molecule has 0 aliphatic rings. The van der Waals surface area contributed by atoms with Gasteiger partial charge in [0, 0.05) is 18.0 Å². The first-order chi connectivity index (χ1) is 7.92. The third-order valence-electron chi connectivity index (χ3n) is 2.19. The Balaban J connectivity index is 2.21. The maximum Gasteiger partial charge on any atom is 0.115 e. The summed E-state index contributed by atoms with van der Waals surface area (Å²) in [5.74, 6) is 0. The highest BCUT2D eigenvalue weighted by Crippen LogP contribution is 2.18. The minimum atomic E-state index is 0.0416. The van der Waals surface area contributed by atoms with Gasteiger partial charge >= 0.3 is 0 Å². The SMILES string of the molecule is CCCNC(c1cncnc1)c1cnsn1. The predicted molar refractivity (Wildman–Crippen MR) is 62.1 cm³/mol. The predicted octanol–water partition coefficient (Wildman–Crippen LogP) is 1.42. The van der Waals surface area contributed by atoms with E-state index in [1.54, 1.807) is 18.6 Å². The van der Waals surface area contributed by atoms with Crippen molar-refractivity contribution in [2.75, 3.05) is 6.54 Å². The summed E-state index contributed by atoms with van der Waals surface area (Å²) in [6.45, 7) is 3.06. The van der Waals surface area contributed by atoms with Gasteiger partial charge in [0.05, 0.1) is 29.7 Å². The fourth-order valence-corrected chi connectivity index (χ4v) is 1.89. The first-order valence-electron chi connectivity index (χ1n) is 5.17. The first kappa shape index (κ1) is 11.1. The van der Waals surface area contributed by atoms with E-state index in [0.29, 0.717) is 0 Å². The van der Waals surface area contributed by atoms with Crippen molar-refractivity contribution in [2.45, 2.75) is 19.4 Å². The molecular formula is C10H13N5S. The molecule has 0 saturated carbocycles. The van der Waals surface area contributed by atoms with E-state index < -0.39 is 0 Å². The molecule has 0 aliphatic carbocycles. The van der Waals surface area contributed by atoms with Crippen molar-refractivity contribution in [3.05, 3.63) is 36.2 Å². The number of hydrogen-bond donors (Lipinski definition) is 1. The van der Waals surface area contributed by atoms with E-state index in [2.05, 4.69) is 31.0 Å². The topological polar surface area (TPSA) is 63.6 Å². The lowest BCUT2D eigenvalue weighted by Crippen LogP contribution is -2.23. The molecule has 6 heteroatoms. The highest BCUT2D eigenvalue weighted by atomic mass is 32.1. The average Bonchev–Trinajstić information content (AvgIpc) is 2.85. The summed E-state index contributed by atoms with van der Waals surface area (Å²) in [4.78, 5) is 8.06. The Morgan fingerprint density at radius 2 is 2.12 bits per heavy atom.